The molecule has 0 atom stereocenters. The number of nitrogens with zero attached hydrogens (tertiary/aromatic N) is 1. The first-order valence-corrected chi connectivity index (χ1v) is 9.41. The highest BCUT2D eigenvalue weighted by atomic mass is 79.9. The van der Waals surface area contributed by atoms with Crippen LogP contribution < -0.4 is 20.5 Å². The third-order valence-electron chi connectivity index (χ3n) is 4.96. The summed E-state index contributed by atoms with van der Waals surface area (Å²) in [6.45, 7) is 0.676. The zero-order chi connectivity index (χ0) is 18.6. The largest absolute Gasteiger partial charge is 0.493 e. The molecule has 138 valence electrons. The zero-order valence-corrected chi connectivity index (χ0v) is 16.7. The second-order valence-electron chi connectivity index (χ2n) is 6.54. The van der Waals surface area contributed by atoms with Crippen molar-refractivity contribution in [2.24, 2.45) is 10.7 Å². The first-order valence-electron chi connectivity index (χ1n) is 8.61. The quantitative estimate of drug-likeness (QED) is 0.542. The highest BCUT2D eigenvalue weighted by molar-refractivity contribution is 9.10. The van der Waals surface area contributed by atoms with Crippen molar-refractivity contribution in [3.63, 3.8) is 0 Å². The standard InChI is InChI=1S/C20H24BrN3O2/c1-25-17-8-7-16(12-18(17)26-2)24-19(22)23-13-20(9-4-10-20)14-5-3-6-15(21)11-14/h3,5-8,11-12H,4,9-10,13H2,1-2H3,(H3,22,23,24). The summed E-state index contributed by atoms with van der Waals surface area (Å²) in [6.07, 6.45) is 3.50. The molecule has 0 unspecified atom stereocenters. The lowest BCUT2D eigenvalue weighted by atomic mass is 9.64. The predicted octanol–water partition coefficient (Wildman–Crippen LogP) is 4.31. The molecule has 1 saturated carbocycles. The lowest BCUT2D eigenvalue weighted by Gasteiger charge is -2.41. The summed E-state index contributed by atoms with van der Waals surface area (Å²) < 4.78 is 11.7. The molecule has 0 bridgehead atoms. The molecule has 0 radical (unpaired) electrons. The third-order valence-corrected chi connectivity index (χ3v) is 5.45. The van der Waals surface area contributed by atoms with E-state index in [2.05, 4.69) is 44.4 Å². The fraction of sp³-hybridized carbons (Fsp3) is 0.350. The number of methoxy groups -OCH3 is 2. The van der Waals surface area contributed by atoms with Gasteiger partial charge in [0.15, 0.2) is 17.5 Å². The Kier molecular flexibility index (Phi) is 5.71. The van der Waals surface area contributed by atoms with E-state index >= 15 is 0 Å². The van der Waals surface area contributed by atoms with Crippen molar-refractivity contribution >= 4 is 27.6 Å². The van der Waals surface area contributed by atoms with E-state index in [4.69, 9.17) is 15.2 Å². The summed E-state index contributed by atoms with van der Waals surface area (Å²) in [5.74, 6) is 1.73. The van der Waals surface area contributed by atoms with Gasteiger partial charge >= 0.3 is 0 Å². The van der Waals surface area contributed by atoms with Gasteiger partial charge in [-0.1, -0.05) is 34.5 Å². The Morgan fingerprint density at radius 3 is 2.54 bits per heavy atom. The number of hydrogen-bond acceptors (Lipinski definition) is 3. The second-order valence-corrected chi connectivity index (χ2v) is 7.46. The average Bonchev–Trinajstić information content (AvgIpc) is 2.60. The van der Waals surface area contributed by atoms with E-state index in [0.717, 1.165) is 23.0 Å². The van der Waals surface area contributed by atoms with Crippen molar-refractivity contribution in [3.8, 4) is 11.5 Å². The van der Waals surface area contributed by atoms with Gasteiger partial charge < -0.3 is 20.5 Å². The van der Waals surface area contributed by atoms with Gasteiger partial charge in [-0.2, -0.15) is 0 Å². The van der Waals surface area contributed by atoms with Crippen molar-refractivity contribution in [2.75, 3.05) is 26.1 Å². The van der Waals surface area contributed by atoms with Crippen molar-refractivity contribution in [2.45, 2.75) is 24.7 Å². The Balaban J connectivity index is 1.72. The van der Waals surface area contributed by atoms with Crippen molar-refractivity contribution in [1.29, 1.82) is 0 Å². The molecule has 0 spiro atoms. The molecule has 26 heavy (non-hydrogen) atoms. The highest BCUT2D eigenvalue weighted by Crippen LogP contribution is 2.44. The maximum Gasteiger partial charge on any atom is 0.193 e. The van der Waals surface area contributed by atoms with Gasteiger partial charge in [-0.15, -0.1) is 0 Å². The first-order chi connectivity index (χ1) is 12.6. The maximum atomic E-state index is 6.12. The normalized spacial score (nSPS) is 15.9. The van der Waals surface area contributed by atoms with Crippen molar-refractivity contribution in [3.05, 3.63) is 52.5 Å². The van der Waals surface area contributed by atoms with Crippen LogP contribution in [-0.4, -0.2) is 26.7 Å². The summed E-state index contributed by atoms with van der Waals surface area (Å²) in [6, 6.07) is 14.1. The van der Waals surface area contributed by atoms with Crippen LogP contribution in [0.4, 0.5) is 5.69 Å². The van der Waals surface area contributed by atoms with Gasteiger partial charge in [0.25, 0.3) is 0 Å². The van der Waals surface area contributed by atoms with Gasteiger partial charge in [0, 0.05) is 21.6 Å². The number of ether oxygens (including phenoxy) is 2. The highest BCUT2D eigenvalue weighted by Gasteiger charge is 2.38. The summed E-state index contributed by atoms with van der Waals surface area (Å²) in [7, 11) is 3.22. The number of halogens is 1. The van der Waals surface area contributed by atoms with Crippen LogP contribution in [0.25, 0.3) is 0 Å². The SMILES string of the molecule is COc1ccc(NC(N)=NCC2(c3cccc(Br)c3)CCC2)cc1OC. The number of benzene rings is 2. The average molecular weight is 418 g/mol. The van der Waals surface area contributed by atoms with E-state index in [1.165, 1.54) is 12.0 Å². The lowest BCUT2D eigenvalue weighted by molar-refractivity contribution is 0.253. The third kappa shape index (κ3) is 3.96. The molecule has 2 aromatic rings. The van der Waals surface area contributed by atoms with E-state index in [1.807, 2.05) is 24.3 Å². The number of nitrogens with one attached hydrogen (secondary N) is 1. The first kappa shape index (κ1) is 18.6. The molecule has 1 aliphatic carbocycles. The van der Waals surface area contributed by atoms with Gasteiger partial charge in [-0.3, -0.25) is 4.99 Å². The van der Waals surface area contributed by atoms with Crippen LogP contribution in [-0.2, 0) is 5.41 Å². The summed E-state index contributed by atoms with van der Waals surface area (Å²) in [5, 5.41) is 3.13. The fourth-order valence-corrected chi connectivity index (χ4v) is 3.70. The minimum Gasteiger partial charge on any atom is -0.493 e. The molecule has 3 rings (SSSR count). The topological polar surface area (TPSA) is 68.9 Å². The zero-order valence-electron chi connectivity index (χ0n) is 15.1. The van der Waals surface area contributed by atoms with Crippen LogP contribution in [0.2, 0.25) is 0 Å². The molecular weight excluding hydrogens is 394 g/mol. The van der Waals surface area contributed by atoms with E-state index < -0.39 is 0 Å². The van der Waals surface area contributed by atoms with Gasteiger partial charge in [-0.25, -0.2) is 0 Å². The minimum absolute atomic E-state index is 0.0910. The van der Waals surface area contributed by atoms with Gasteiger partial charge in [0.05, 0.1) is 20.8 Å². The number of nitrogens with two attached hydrogens (primary N) is 1. The number of anilines is 1. The van der Waals surface area contributed by atoms with Crippen LogP contribution >= 0.6 is 15.9 Å². The maximum absolute atomic E-state index is 6.12. The number of guanidine groups is 1. The minimum atomic E-state index is 0.0910. The molecule has 6 heteroatoms. The van der Waals surface area contributed by atoms with Crippen LogP contribution in [0, 0.1) is 0 Å². The molecule has 0 saturated heterocycles. The molecule has 0 heterocycles. The lowest BCUT2D eigenvalue weighted by Crippen LogP contribution is -2.38. The summed E-state index contributed by atoms with van der Waals surface area (Å²) in [4.78, 5) is 4.61. The Labute approximate surface area is 162 Å². The Morgan fingerprint density at radius 2 is 1.92 bits per heavy atom. The molecular formula is C20H24BrN3O2. The van der Waals surface area contributed by atoms with E-state index in [1.54, 1.807) is 14.2 Å². The Hall–Kier alpha value is -2.21. The summed E-state index contributed by atoms with van der Waals surface area (Å²) >= 11 is 3.56. The van der Waals surface area contributed by atoms with Crippen molar-refractivity contribution < 1.29 is 9.47 Å². The number of rotatable bonds is 6. The summed E-state index contributed by atoms with van der Waals surface area (Å²) in [5.41, 5.74) is 8.34. The molecule has 0 amide bonds. The van der Waals surface area contributed by atoms with E-state index in [0.29, 0.717) is 24.0 Å². The van der Waals surface area contributed by atoms with Crippen molar-refractivity contribution in [1.82, 2.24) is 0 Å². The Bertz CT molecular complexity index is 803. The molecule has 3 N–H and O–H groups in total. The molecule has 1 aliphatic rings. The molecule has 0 aliphatic heterocycles. The van der Waals surface area contributed by atoms with Crippen LogP contribution in [0.5, 0.6) is 11.5 Å². The molecule has 0 aromatic heterocycles. The van der Waals surface area contributed by atoms with Gasteiger partial charge in [0.2, 0.25) is 0 Å². The fourth-order valence-electron chi connectivity index (χ4n) is 3.30. The van der Waals surface area contributed by atoms with Crippen LogP contribution in [0.1, 0.15) is 24.8 Å². The predicted molar refractivity (Wildman–Crippen MR) is 109 cm³/mol. The number of hydrogen-bond donors (Lipinski definition) is 2. The van der Waals surface area contributed by atoms with Gasteiger partial charge in [-0.05, 0) is 42.7 Å². The molecule has 5 nitrogen and oxygen atoms in total. The molecule has 2 aromatic carbocycles. The van der Waals surface area contributed by atoms with Crippen LogP contribution in [0.15, 0.2) is 51.9 Å². The second kappa shape index (κ2) is 7.99. The van der Waals surface area contributed by atoms with E-state index in [9.17, 15) is 0 Å². The number of aliphatic imine (C=N–C) groups is 1. The smallest absolute Gasteiger partial charge is 0.193 e. The van der Waals surface area contributed by atoms with Crippen LogP contribution in [0.3, 0.4) is 0 Å². The Morgan fingerprint density at radius 1 is 1.15 bits per heavy atom. The molecule has 1 fully saturated rings. The monoisotopic (exact) mass is 417 g/mol. The van der Waals surface area contributed by atoms with E-state index in [-0.39, 0.29) is 5.41 Å². The van der Waals surface area contributed by atoms with Gasteiger partial charge in [0.1, 0.15) is 0 Å².